The minimum absolute atomic E-state index is 0.0526. The van der Waals surface area contributed by atoms with Crippen LogP contribution in [-0.4, -0.2) is 24.0 Å². The Morgan fingerprint density at radius 3 is 2.94 bits per heavy atom. The summed E-state index contributed by atoms with van der Waals surface area (Å²) < 4.78 is 0. The number of carboxylic acids is 1. The summed E-state index contributed by atoms with van der Waals surface area (Å²) in [5.41, 5.74) is 8.48. The van der Waals surface area contributed by atoms with Crippen LogP contribution in [0.2, 0.25) is 0 Å². The van der Waals surface area contributed by atoms with Crippen LogP contribution in [0.5, 0.6) is 0 Å². The highest BCUT2D eigenvalue weighted by molar-refractivity contribution is 6.00. The van der Waals surface area contributed by atoms with Crippen molar-refractivity contribution in [3.05, 3.63) is 41.5 Å². The minimum atomic E-state index is -1.03. The van der Waals surface area contributed by atoms with Gasteiger partial charge in [-0.05, 0) is 17.2 Å². The van der Waals surface area contributed by atoms with E-state index in [9.17, 15) is 9.59 Å². The molecule has 1 aliphatic heterocycles. The Morgan fingerprint density at radius 2 is 2.28 bits per heavy atom. The predicted octanol–water partition coefficient (Wildman–Crippen LogP) is 0.846. The van der Waals surface area contributed by atoms with Gasteiger partial charge in [-0.1, -0.05) is 18.2 Å². The SMILES string of the molecule is CN1C(=O)Cc2cc(C(N)/C=C/C(=O)O)ccc21. The van der Waals surface area contributed by atoms with E-state index in [0.717, 1.165) is 22.9 Å². The van der Waals surface area contributed by atoms with Crippen molar-refractivity contribution < 1.29 is 14.7 Å². The van der Waals surface area contributed by atoms with Gasteiger partial charge in [-0.3, -0.25) is 4.79 Å². The molecule has 0 saturated heterocycles. The molecule has 0 aliphatic carbocycles. The van der Waals surface area contributed by atoms with E-state index in [1.54, 1.807) is 11.9 Å². The molecule has 1 unspecified atom stereocenters. The second-order valence-electron chi connectivity index (χ2n) is 4.24. The van der Waals surface area contributed by atoms with Gasteiger partial charge in [0.1, 0.15) is 0 Å². The highest BCUT2D eigenvalue weighted by Crippen LogP contribution is 2.29. The first-order valence-corrected chi connectivity index (χ1v) is 5.55. The quantitative estimate of drug-likeness (QED) is 0.774. The number of carbonyl (C=O) groups is 2. The first-order valence-electron chi connectivity index (χ1n) is 5.55. The van der Waals surface area contributed by atoms with Crippen molar-refractivity contribution in [3.63, 3.8) is 0 Å². The van der Waals surface area contributed by atoms with E-state index in [0.29, 0.717) is 6.42 Å². The van der Waals surface area contributed by atoms with Crippen LogP contribution in [0.1, 0.15) is 17.2 Å². The number of hydrogen-bond donors (Lipinski definition) is 2. The lowest BCUT2D eigenvalue weighted by Crippen LogP contribution is -2.20. The van der Waals surface area contributed by atoms with Crippen molar-refractivity contribution in [1.82, 2.24) is 0 Å². The second-order valence-corrected chi connectivity index (χ2v) is 4.24. The van der Waals surface area contributed by atoms with Crippen LogP contribution in [0, 0.1) is 0 Å². The van der Waals surface area contributed by atoms with Gasteiger partial charge in [-0.2, -0.15) is 0 Å². The molecule has 3 N–H and O–H groups in total. The van der Waals surface area contributed by atoms with Gasteiger partial charge in [0.2, 0.25) is 5.91 Å². The molecule has 1 atom stereocenters. The Bertz CT molecular complexity index is 537. The number of anilines is 1. The summed E-state index contributed by atoms with van der Waals surface area (Å²) in [7, 11) is 1.73. The lowest BCUT2D eigenvalue weighted by Gasteiger charge is -2.12. The van der Waals surface area contributed by atoms with E-state index >= 15 is 0 Å². The maximum atomic E-state index is 11.5. The lowest BCUT2D eigenvalue weighted by molar-refractivity contribution is -0.131. The summed E-state index contributed by atoms with van der Waals surface area (Å²) in [6.45, 7) is 0. The molecule has 0 aromatic heterocycles. The molecular weight excluding hydrogens is 232 g/mol. The average molecular weight is 246 g/mol. The third-order valence-electron chi connectivity index (χ3n) is 3.01. The number of carboxylic acid groups (broad SMARTS) is 1. The Morgan fingerprint density at radius 1 is 1.56 bits per heavy atom. The molecule has 1 aromatic rings. The summed E-state index contributed by atoms with van der Waals surface area (Å²) in [6.07, 6.45) is 2.81. The third-order valence-corrected chi connectivity index (χ3v) is 3.01. The van der Waals surface area contributed by atoms with Crippen molar-refractivity contribution in [2.24, 2.45) is 5.73 Å². The fourth-order valence-corrected chi connectivity index (χ4v) is 1.99. The van der Waals surface area contributed by atoms with Crippen LogP contribution in [0.15, 0.2) is 30.4 Å². The molecule has 1 aliphatic rings. The molecule has 0 spiro atoms. The average Bonchev–Trinajstić information content (AvgIpc) is 2.61. The summed E-state index contributed by atoms with van der Waals surface area (Å²) >= 11 is 0. The van der Waals surface area contributed by atoms with Crippen LogP contribution < -0.4 is 10.6 Å². The fraction of sp³-hybridized carbons (Fsp3) is 0.231. The molecular formula is C13H14N2O3. The Kier molecular flexibility index (Phi) is 3.16. The highest BCUT2D eigenvalue weighted by atomic mass is 16.4. The summed E-state index contributed by atoms with van der Waals surface area (Å²) in [4.78, 5) is 23.6. The number of aliphatic carboxylic acids is 1. The van der Waals surface area contributed by atoms with Gasteiger partial charge in [0.25, 0.3) is 0 Å². The number of rotatable bonds is 3. The van der Waals surface area contributed by atoms with Crippen LogP contribution in [0.4, 0.5) is 5.69 Å². The molecule has 0 saturated carbocycles. The van der Waals surface area contributed by atoms with Gasteiger partial charge in [0.15, 0.2) is 0 Å². The van der Waals surface area contributed by atoms with Crippen molar-refractivity contribution >= 4 is 17.6 Å². The number of carbonyl (C=O) groups excluding carboxylic acids is 1. The predicted molar refractivity (Wildman–Crippen MR) is 67.3 cm³/mol. The lowest BCUT2D eigenvalue weighted by atomic mass is 10.0. The zero-order chi connectivity index (χ0) is 13.3. The number of nitrogens with zero attached hydrogens (tertiary/aromatic N) is 1. The van der Waals surface area contributed by atoms with E-state index in [1.807, 2.05) is 18.2 Å². The molecule has 2 rings (SSSR count). The maximum Gasteiger partial charge on any atom is 0.328 e. The van der Waals surface area contributed by atoms with Crippen molar-refractivity contribution in [2.75, 3.05) is 11.9 Å². The molecule has 18 heavy (non-hydrogen) atoms. The summed E-state index contributed by atoms with van der Waals surface area (Å²) in [6, 6.07) is 5.02. The molecule has 5 heteroatoms. The van der Waals surface area contributed by atoms with Gasteiger partial charge in [0.05, 0.1) is 6.42 Å². The van der Waals surface area contributed by atoms with Crippen LogP contribution in [0.3, 0.4) is 0 Å². The Labute approximate surface area is 105 Å². The smallest absolute Gasteiger partial charge is 0.328 e. The number of nitrogens with two attached hydrogens (primary N) is 1. The molecule has 0 bridgehead atoms. The first-order chi connectivity index (χ1) is 8.49. The summed E-state index contributed by atoms with van der Waals surface area (Å²) in [5, 5.41) is 8.54. The minimum Gasteiger partial charge on any atom is -0.478 e. The number of amides is 1. The zero-order valence-electron chi connectivity index (χ0n) is 9.96. The Balaban J connectivity index is 2.25. The standard InChI is InChI=1S/C13H14N2O3/c1-15-11-4-2-8(6-9(11)7-12(15)16)10(14)3-5-13(17)18/h2-6,10H,7,14H2,1H3,(H,17,18)/b5-3+. The second kappa shape index (κ2) is 4.62. The van der Waals surface area contributed by atoms with E-state index in [2.05, 4.69) is 0 Å². The number of fused-ring (bicyclic) bond motifs is 1. The van der Waals surface area contributed by atoms with Gasteiger partial charge < -0.3 is 15.7 Å². The maximum absolute atomic E-state index is 11.5. The molecule has 1 amide bonds. The third kappa shape index (κ3) is 2.26. The van der Waals surface area contributed by atoms with E-state index in [4.69, 9.17) is 10.8 Å². The number of benzene rings is 1. The molecule has 5 nitrogen and oxygen atoms in total. The van der Waals surface area contributed by atoms with E-state index in [1.165, 1.54) is 6.08 Å². The molecule has 1 heterocycles. The van der Waals surface area contributed by atoms with Crippen LogP contribution in [-0.2, 0) is 16.0 Å². The van der Waals surface area contributed by atoms with Gasteiger partial charge in [-0.15, -0.1) is 0 Å². The molecule has 94 valence electrons. The van der Waals surface area contributed by atoms with Gasteiger partial charge in [-0.25, -0.2) is 4.79 Å². The molecule has 0 radical (unpaired) electrons. The fourth-order valence-electron chi connectivity index (χ4n) is 1.99. The summed E-state index contributed by atoms with van der Waals surface area (Å²) in [5.74, 6) is -0.974. The van der Waals surface area contributed by atoms with Crippen molar-refractivity contribution in [3.8, 4) is 0 Å². The largest absolute Gasteiger partial charge is 0.478 e. The zero-order valence-corrected chi connectivity index (χ0v) is 9.96. The highest BCUT2D eigenvalue weighted by Gasteiger charge is 2.24. The van der Waals surface area contributed by atoms with Crippen molar-refractivity contribution in [2.45, 2.75) is 12.5 Å². The number of hydrogen-bond acceptors (Lipinski definition) is 3. The van der Waals surface area contributed by atoms with Crippen LogP contribution in [0.25, 0.3) is 0 Å². The van der Waals surface area contributed by atoms with Crippen LogP contribution >= 0.6 is 0 Å². The topological polar surface area (TPSA) is 83.6 Å². The Hall–Kier alpha value is -2.14. The monoisotopic (exact) mass is 246 g/mol. The van der Waals surface area contributed by atoms with Gasteiger partial charge in [0, 0.05) is 24.9 Å². The normalized spacial score (nSPS) is 16.1. The van der Waals surface area contributed by atoms with Crippen molar-refractivity contribution in [1.29, 1.82) is 0 Å². The van der Waals surface area contributed by atoms with Gasteiger partial charge >= 0.3 is 5.97 Å². The van der Waals surface area contributed by atoms with E-state index in [-0.39, 0.29) is 5.91 Å². The molecule has 0 fully saturated rings. The van der Waals surface area contributed by atoms with E-state index < -0.39 is 12.0 Å². The molecule has 1 aromatic carbocycles. The first kappa shape index (κ1) is 12.3. The number of likely N-dealkylation sites (N-methyl/N-ethyl adjacent to an activating group) is 1.